The molecule has 2 rings (SSSR count). The summed E-state index contributed by atoms with van der Waals surface area (Å²) in [6, 6.07) is 0. The predicted octanol–water partition coefficient (Wildman–Crippen LogP) is 0.507. The van der Waals surface area contributed by atoms with Gasteiger partial charge in [0.1, 0.15) is 6.10 Å². The Morgan fingerprint density at radius 1 is 1.50 bits per heavy atom. The van der Waals surface area contributed by atoms with Crippen molar-refractivity contribution in [3.8, 4) is 0 Å². The largest absolute Gasteiger partial charge is 0.367 e. The first kappa shape index (κ1) is 4.50. The van der Waals surface area contributed by atoms with E-state index in [1.165, 1.54) is 0 Å². The minimum Gasteiger partial charge on any atom is -0.367 e. The summed E-state index contributed by atoms with van der Waals surface area (Å²) in [6.45, 7) is 0. The zero-order chi connectivity index (χ0) is 5.56. The molecular formula is C6H8O2. The minimum absolute atomic E-state index is 0.000000000000000222. The molecule has 0 N–H and O–H groups in total. The van der Waals surface area contributed by atoms with E-state index in [0.717, 1.165) is 12.8 Å². The highest BCUT2D eigenvalue weighted by Gasteiger charge is 2.39. The van der Waals surface area contributed by atoms with Gasteiger partial charge >= 0.3 is 0 Å². The van der Waals surface area contributed by atoms with Crippen molar-refractivity contribution in [1.29, 1.82) is 0 Å². The van der Waals surface area contributed by atoms with Gasteiger partial charge in [0.05, 0.1) is 6.10 Å². The number of carbonyl (C=O) groups is 1. The lowest BCUT2D eigenvalue weighted by Crippen LogP contribution is -2.14. The van der Waals surface area contributed by atoms with E-state index < -0.39 is 0 Å². The van der Waals surface area contributed by atoms with Crippen LogP contribution in [0.4, 0.5) is 0 Å². The molecule has 2 heteroatoms. The normalized spacial score (nSPS) is 43.8. The van der Waals surface area contributed by atoms with Crippen molar-refractivity contribution < 1.29 is 9.53 Å². The van der Waals surface area contributed by atoms with Crippen molar-refractivity contribution in [1.82, 2.24) is 0 Å². The van der Waals surface area contributed by atoms with Crippen LogP contribution >= 0.6 is 0 Å². The smallest absolute Gasteiger partial charge is 0.164 e. The number of Topliss-reactive ketones (excluding diaryl/α,β-unsaturated/α-hetero) is 1. The molecule has 0 unspecified atom stereocenters. The van der Waals surface area contributed by atoms with Gasteiger partial charge in [-0.3, -0.25) is 4.79 Å². The zero-order valence-corrected chi connectivity index (χ0v) is 4.59. The average molecular weight is 112 g/mol. The Labute approximate surface area is 47.8 Å². The molecule has 2 atom stereocenters. The monoisotopic (exact) mass is 112 g/mol. The third-order valence-corrected chi connectivity index (χ3v) is 1.90. The van der Waals surface area contributed by atoms with Gasteiger partial charge in [-0.1, -0.05) is 0 Å². The van der Waals surface area contributed by atoms with E-state index in [2.05, 4.69) is 0 Å². The molecule has 0 aliphatic carbocycles. The molecular weight excluding hydrogens is 104 g/mol. The molecule has 0 aromatic carbocycles. The van der Waals surface area contributed by atoms with Crippen molar-refractivity contribution in [2.75, 3.05) is 0 Å². The number of hydrogen-bond acceptors (Lipinski definition) is 2. The third-order valence-electron chi connectivity index (χ3n) is 1.90. The second-order valence-electron chi connectivity index (χ2n) is 2.49. The summed E-state index contributed by atoms with van der Waals surface area (Å²) in [7, 11) is 0. The van der Waals surface area contributed by atoms with Gasteiger partial charge in [0.2, 0.25) is 0 Å². The van der Waals surface area contributed by atoms with E-state index in [1.807, 2.05) is 0 Å². The van der Waals surface area contributed by atoms with E-state index in [9.17, 15) is 4.79 Å². The highest BCUT2D eigenvalue weighted by Crippen LogP contribution is 2.30. The van der Waals surface area contributed by atoms with Crippen molar-refractivity contribution >= 4 is 5.78 Å². The van der Waals surface area contributed by atoms with Gasteiger partial charge in [0.25, 0.3) is 0 Å². The molecule has 2 aliphatic rings. The summed E-state index contributed by atoms with van der Waals surface area (Å²) in [5.74, 6) is 0.321. The highest BCUT2D eigenvalue weighted by atomic mass is 16.5. The quantitative estimate of drug-likeness (QED) is 0.456. The second-order valence-corrected chi connectivity index (χ2v) is 2.49. The molecule has 8 heavy (non-hydrogen) atoms. The van der Waals surface area contributed by atoms with E-state index in [1.54, 1.807) is 0 Å². The lowest BCUT2D eigenvalue weighted by Gasteiger charge is -1.99. The van der Waals surface area contributed by atoms with Crippen molar-refractivity contribution in [2.45, 2.75) is 31.5 Å². The Morgan fingerprint density at radius 3 is 2.62 bits per heavy atom. The Hall–Kier alpha value is -0.370. The fraction of sp³-hybridized carbons (Fsp3) is 0.833. The molecule has 0 saturated carbocycles. The molecule has 0 aromatic rings. The van der Waals surface area contributed by atoms with Crippen LogP contribution in [0.15, 0.2) is 0 Å². The van der Waals surface area contributed by atoms with E-state index >= 15 is 0 Å². The summed E-state index contributed by atoms with van der Waals surface area (Å²) in [4.78, 5) is 10.7. The van der Waals surface area contributed by atoms with Crippen molar-refractivity contribution in [2.24, 2.45) is 0 Å². The molecule has 2 bridgehead atoms. The highest BCUT2D eigenvalue weighted by molar-refractivity contribution is 5.86. The molecule has 44 valence electrons. The Kier molecular flexibility index (Phi) is 0.742. The van der Waals surface area contributed by atoms with Crippen LogP contribution < -0.4 is 0 Å². The maximum atomic E-state index is 10.7. The first-order valence-electron chi connectivity index (χ1n) is 3.04. The molecule has 0 spiro atoms. The van der Waals surface area contributed by atoms with Gasteiger partial charge in [-0.2, -0.15) is 0 Å². The van der Waals surface area contributed by atoms with Gasteiger partial charge in [-0.15, -0.1) is 0 Å². The van der Waals surface area contributed by atoms with Crippen LogP contribution in [0.2, 0.25) is 0 Å². The molecule has 0 amide bonds. The van der Waals surface area contributed by atoms with Crippen LogP contribution in [-0.4, -0.2) is 18.0 Å². The molecule has 0 radical (unpaired) electrons. The fourth-order valence-corrected chi connectivity index (χ4v) is 1.45. The zero-order valence-electron chi connectivity index (χ0n) is 4.59. The van der Waals surface area contributed by atoms with Crippen LogP contribution in [0.1, 0.15) is 19.3 Å². The van der Waals surface area contributed by atoms with Gasteiger partial charge in [0.15, 0.2) is 5.78 Å². The van der Waals surface area contributed by atoms with Gasteiger partial charge in [-0.05, 0) is 12.8 Å². The number of ketones is 1. The van der Waals surface area contributed by atoms with Crippen molar-refractivity contribution in [3.63, 3.8) is 0 Å². The van der Waals surface area contributed by atoms with Crippen LogP contribution in [0, 0.1) is 0 Å². The van der Waals surface area contributed by atoms with Gasteiger partial charge in [-0.25, -0.2) is 0 Å². The van der Waals surface area contributed by atoms with Crippen LogP contribution in [0.25, 0.3) is 0 Å². The van der Waals surface area contributed by atoms with E-state index in [0.29, 0.717) is 18.3 Å². The summed E-state index contributed by atoms with van der Waals surface area (Å²) in [5.41, 5.74) is 0. The van der Waals surface area contributed by atoms with Gasteiger partial charge < -0.3 is 4.74 Å². The molecule has 2 nitrogen and oxygen atoms in total. The summed E-state index contributed by atoms with van der Waals surface area (Å²) >= 11 is 0. The number of hydrogen-bond donors (Lipinski definition) is 0. The predicted molar refractivity (Wildman–Crippen MR) is 27.5 cm³/mol. The molecule has 2 heterocycles. The summed E-state index contributed by atoms with van der Waals surface area (Å²) < 4.78 is 5.23. The summed E-state index contributed by atoms with van der Waals surface area (Å²) in [5, 5.41) is 0. The fourth-order valence-electron chi connectivity index (χ4n) is 1.45. The number of ether oxygens (including phenoxy) is 1. The Bertz CT molecular complexity index is 130. The maximum Gasteiger partial charge on any atom is 0.164 e. The standard InChI is InChI=1S/C6H8O2/c7-5-3-4-1-2-6(5)8-4/h4,6H,1-3H2/t4-,6-/m1/s1. The first-order chi connectivity index (χ1) is 3.86. The van der Waals surface area contributed by atoms with Crippen molar-refractivity contribution in [3.05, 3.63) is 0 Å². The van der Waals surface area contributed by atoms with Gasteiger partial charge in [0, 0.05) is 6.42 Å². The Balaban J connectivity index is 2.22. The minimum atomic E-state index is -0.000000000000000222. The maximum absolute atomic E-state index is 10.7. The first-order valence-corrected chi connectivity index (χ1v) is 3.04. The van der Waals surface area contributed by atoms with E-state index in [-0.39, 0.29) is 6.10 Å². The Morgan fingerprint density at radius 2 is 2.38 bits per heavy atom. The van der Waals surface area contributed by atoms with Crippen LogP contribution in [-0.2, 0) is 9.53 Å². The third kappa shape index (κ3) is 0.436. The topological polar surface area (TPSA) is 26.3 Å². The lowest BCUT2D eigenvalue weighted by molar-refractivity contribution is -0.121. The molecule has 2 fully saturated rings. The van der Waals surface area contributed by atoms with Crippen LogP contribution in [0.3, 0.4) is 0 Å². The molecule has 2 saturated heterocycles. The average Bonchev–Trinajstić information content (AvgIpc) is 2.23. The molecule has 0 aromatic heterocycles. The SMILES string of the molecule is O=C1C[C@H]2CC[C@H]1O2. The molecule has 2 aliphatic heterocycles. The number of fused-ring (bicyclic) bond motifs is 2. The van der Waals surface area contributed by atoms with E-state index in [4.69, 9.17) is 4.74 Å². The summed E-state index contributed by atoms with van der Waals surface area (Å²) in [6.07, 6.45) is 3.07. The second kappa shape index (κ2) is 1.32. The number of carbonyl (C=O) groups excluding carboxylic acids is 1. The lowest BCUT2D eigenvalue weighted by atomic mass is 10.00. The van der Waals surface area contributed by atoms with Crippen LogP contribution in [0.5, 0.6) is 0 Å². The number of rotatable bonds is 0.